The first-order valence-corrected chi connectivity index (χ1v) is 7.98. The number of benzene rings is 1. The molecule has 1 aromatic carbocycles. The highest BCUT2D eigenvalue weighted by Crippen LogP contribution is 2.43. The highest BCUT2D eigenvalue weighted by Gasteiger charge is 2.49. The molecule has 3 rings (SSSR count). The zero-order valence-electron chi connectivity index (χ0n) is 12.4. The Hall–Kier alpha value is -1.55. The van der Waals surface area contributed by atoms with Crippen molar-refractivity contribution in [3.63, 3.8) is 0 Å². The minimum atomic E-state index is -0.162. The van der Waals surface area contributed by atoms with Crippen molar-refractivity contribution in [2.24, 2.45) is 11.3 Å². The van der Waals surface area contributed by atoms with Gasteiger partial charge < -0.3 is 15.4 Å². The molecule has 0 radical (unpaired) electrons. The SMILES string of the molecule is O=C(NCCOc1ccccc1)[C@@]12CCCC[C@H]1CNC2. The Labute approximate surface area is 126 Å². The summed E-state index contributed by atoms with van der Waals surface area (Å²) in [6.45, 7) is 2.92. The molecule has 0 spiro atoms. The van der Waals surface area contributed by atoms with Crippen LogP contribution in [0.2, 0.25) is 0 Å². The summed E-state index contributed by atoms with van der Waals surface area (Å²) >= 11 is 0. The van der Waals surface area contributed by atoms with Gasteiger partial charge in [0.2, 0.25) is 5.91 Å². The van der Waals surface area contributed by atoms with Gasteiger partial charge in [-0.05, 0) is 37.4 Å². The van der Waals surface area contributed by atoms with Gasteiger partial charge in [0.25, 0.3) is 0 Å². The summed E-state index contributed by atoms with van der Waals surface area (Å²) in [5.74, 6) is 1.58. The summed E-state index contributed by atoms with van der Waals surface area (Å²) in [4.78, 5) is 12.6. The first kappa shape index (κ1) is 14.4. The van der Waals surface area contributed by atoms with Crippen LogP contribution in [0.4, 0.5) is 0 Å². The van der Waals surface area contributed by atoms with Crippen LogP contribution in [0.15, 0.2) is 30.3 Å². The largest absolute Gasteiger partial charge is 0.492 e. The average molecular weight is 288 g/mol. The van der Waals surface area contributed by atoms with E-state index in [4.69, 9.17) is 4.74 Å². The van der Waals surface area contributed by atoms with Crippen LogP contribution in [-0.2, 0) is 4.79 Å². The predicted octanol–water partition coefficient (Wildman–Crippen LogP) is 1.96. The number of amides is 1. The maximum Gasteiger partial charge on any atom is 0.227 e. The molecule has 114 valence electrons. The Morgan fingerprint density at radius 3 is 3.05 bits per heavy atom. The van der Waals surface area contributed by atoms with Gasteiger partial charge in [-0.1, -0.05) is 31.0 Å². The molecule has 2 aliphatic rings. The van der Waals surface area contributed by atoms with E-state index in [-0.39, 0.29) is 11.3 Å². The van der Waals surface area contributed by atoms with Gasteiger partial charge >= 0.3 is 0 Å². The summed E-state index contributed by atoms with van der Waals surface area (Å²) in [5, 5.41) is 6.49. The Morgan fingerprint density at radius 2 is 2.19 bits per heavy atom. The summed E-state index contributed by atoms with van der Waals surface area (Å²) in [5.41, 5.74) is -0.162. The fraction of sp³-hybridized carbons (Fsp3) is 0.588. The second-order valence-electron chi connectivity index (χ2n) is 6.15. The minimum absolute atomic E-state index is 0.162. The number of para-hydroxylation sites is 1. The van der Waals surface area contributed by atoms with Crippen molar-refractivity contribution in [3.8, 4) is 5.75 Å². The maximum absolute atomic E-state index is 12.6. The number of fused-ring (bicyclic) bond motifs is 1. The Bertz CT molecular complexity index is 477. The summed E-state index contributed by atoms with van der Waals surface area (Å²) in [7, 11) is 0. The number of hydrogen-bond donors (Lipinski definition) is 2. The molecule has 4 nitrogen and oxygen atoms in total. The molecule has 1 saturated heterocycles. The highest BCUT2D eigenvalue weighted by atomic mass is 16.5. The number of carbonyl (C=O) groups excluding carboxylic acids is 1. The number of nitrogens with one attached hydrogen (secondary N) is 2. The van der Waals surface area contributed by atoms with E-state index in [2.05, 4.69) is 10.6 Å². The van der Waals surface area contributed by atoms with Crippen molar-refractivity contribution >= 4 is 5.91 Å². The minimum Gasteiger partial charge on any atom is -0.492 e. The molecule has 4 heteroatoms. The van der Waals surface area contributed by atoms with Crippen molar-refractivity contribution in [1.29, 1.82) is 0 Å². The van der Waals surface area contributed by atoms with Crippen molar-refractivity contribution in [2.45, 2.75) is 25.7 Å². The first-order valence-electron chi connectivity index (χ1n) is 7.98. The van der Waals surface area contributed by atoms with Crippen molar-refractivity contribution in [3.05, 3.63) is 30.3 Å². The predicted molar refractivity (Wildman–Crippen MR) is 82.2 cm³/mol. The van der Waals surface area contributed by atoms with E-state index in [1.165, 1.54) is 19.3 Å². The summed E-state index contributed by atoms with van der Waals surface area (Å²) < 4.78 is 5.62. The van der Waals surface area contributed by atoms with Gasteiger partial charge in [0.1, 0.15) is 12.4 Å². The van der Waals surface area contributed by atoms with Crippen molar-refractivity contribution in [2.75, 3.05) is 26.2 Å². The maximum atomic E-state index is 12.6. The quantitative estimate of drug-likeness (QED) is 0.814. The van der Waals surface area contributed by atoms with Crippen LogP contribution in [0.5, 0.6) is 5.75 Å². The molecular weight excluding hydrogens is 264 g/mol. The van der Waals surface area contributed by atoms with Crippen LogP contribution >= 0.6 is 0 Å². The normalized spacial score (nSPS) is 27.9. The Kier molecular flexibility index (Phi) is 4.44. The van der Waals surface area contributed by atoms with E-state index in [1.54, 1.807) is 0 Å². The van der Waals surface area contributed by atoms with Crippen LogP contribution in [0.25, 0.3) is 0 Å². The van der Waals surface area contributed by atoms with E-state index in [0.717, 1.165) is 25.3 Å². The molecular formula is C17H24N2O2. The molecule has 2 fully saturated rings. The second kappa shape index (κ2) is 6.48. The third kappa shape index (κ3) is 3.05. The average Bonchev–Trinajstić information content (AvgIpc) is 2.97. The number of carbonyl (C=O) groups is 1. The molecule has 1 aliphatic heterocycles. The molecule has 2 atom stereocenters. The lowest BCUT2D eigenvalue weighted by Crippen LogP contribution is -2.48. The number of hydrogen-bond acceptors (Lipinski definition) is 3. The van der Waals surface area contributed by atoms with Gasteiger partial charge in [-0.3, -0.25) is 4.79 Å². The zero-order chi connectivity index (χ0) is 14.5. The Morgan fingerprint density at radius 1 is 1.33 bits per heavy atom. The number of rotatable bonds is 5. The lowest BCUT2D eigenvalue weighted by atomic mass is 9.67. The zero-order valence-corrected chi connectivity index (χ0v) is 12.4. The van der Waals surface area contributed by atoms with Crippen molar-refractivity contribution in [1.82, 2.24) is 10.6 Å². The van der Waals surface area contributed by atoms with Crippen LogP contribution in [-0.4, -0.2) is 32.1 Å². The lowest BCUT2D eigenvalue weighted by Gasteiger charge is -2.37. The Balaban J connectivity index is 1.47. The molecule has 0 aromatic heterocycles. The molecule has 1 heterocycles. The van der Waals surface area contributed by atoms with Crippen LogP contribution < -0.4 is 15.4 Å². The molecule has 2 N–H and O–H groups in total. The third-order valence-corrected chi connectivity index (χ3v) is 4.89. The summed E-state index contributed by atoms with van der Waals surface area (Å²) in [6, 6.07) is 9.72. The molecule has 21 heavy (non-hydrogen) atoms. The van der Waals surface area contributed by atoms with E-state index in [0.29, 0.717) is 19.1 Å². The van der Waals surface area contributed by atoms with Gasteiger partial charge in [0, 0.05) is 6.54 Å². The van der Waals surface area contributed by atoms with Gasteiger partial charge in [-0.2, -0.15) is 0 Å². The molecule has 1 aliphatic carbocycles. The fourth-order valence-electron chi connectivity index (χ4n) is 3.72. The van der Waals surface area contributed by atoms with Gasteiger partial charge in [-0.25, -0.2) is 0 Å². The van der Waals surface area contributed by atoms with Crippen molar-refractivity contribution < 1.29 is 9.53 Å². The third-order valence-electron chi connectivity index (χ3n) is 4.89. The first-order chi connectivity index (χ1) is 10.3. The molecule has 1 amide bonds. The molecule has 0 bridgehead atoms. The van der Waals surface area contributed by atoms with Crippen LogP contribution in [0, 0.1) is 11.3 Å². The van der Waals surface area contributed by atoms with Crippen LogP contribution in [0.3, 0.4) is 0 Å². The van der Waals surface area contributed by atoms with E-state index in [9.17, 15) is 4.79 Å². The highest BCUT2D eigenvalue weighted by molar-refractivity contribution is 5.83. The molecule has 1 aromatic rings. The fourth-order valence-corrected chi connectivity index (χ4v) is 3.72. The standard InChI is InChI=1S/C17H24N2O2/c20-16(17-9-5-4-6-14(17)12-18-13-17)19-10-11-21-15-7-2-1-3-8-15/h1-3,7-8,14,18H,4-6,9-13H2,(H,19,20)/t14-,17+/m0/s1. The monoisotopic (exact) mass is 288 g/mol. The van der Waals surface area contributed by atoms with E-state index < -0.39 is 0 Å². The molecule has 1 saturated carbocycles. The topological polar surface area (TPSA) is 50.4 Å². The van der Waals surface area contributed by atoms with Gasteiger partial charge in [-0.15, -0.1) is 0 Å². The lowest BCUT2D eigenvalue weighted by molar-refractivity contribution is -0.134. The van der Waals surface area contributed by atoms with E-state index in [1.807, 2.05) is 30.3 Å². The van der Waals surface area contributed by atoms with Gasteiger partial charge in [0.15, 0.2) is 0 Å². The second-order valence-corrected chi connectivity index (χ2v) is 6.15. The van der Waals surface area contributed by atoms with E-state index >= 15 is 0 Å². The van der Waals surface area contributed by atoms with Crippen LogP contribution in [0.1, 0.15) is 25.7 Å². The smallest absolute Gasteiger partial charge is 0.227 e. The molecule has 0 unspecified atom stereocenters. The summed E-state index contributed by atoms with van der Waals surface area (Å²) in [6.07, 6.45) is 4.64. The number of ether oxygens (including phenoxy) is 1. The van der Waals surface area contributed by atoms with Gasteiger partial charge in [0.05, 0.1) is 12.0 Å².